The fraction of sp³-hybridized carbons (Fsp3) is 0.714. The zero-order valence-electron chi connectivity index (χ0n) is 12.8. The first-order valence-corrected chi connectivity index (χ1v) is 6.97. The third-order valence-corrected chi connectivity index (χ3v) is 2.68. The van der Waals surface area contributed by atoms with E-state index >= 15 is 0 Å². The van der Waals surface area contributed by atoms with Gasteiger partial charge in [-0.25, -0.2) is 4.98 Å². The highest BCUT2D eigenvalue weighted by atomic mass is 15.2. The Morgan fingerprint density at radius 1 is 1.26 bits per heavy atom. The van der Waals surface area contributed by atoms with Crippen LogP contribution >= 0.6 is 0 Å². The van der Waals surface area contributed by atoms with Crippen LogP contribution in [0.2, 0.25) is 0 Å². The normalized spacial score (nSPS) is 12.3. The van der Waals surface area contributed by atoms with Crippen molar-refractivity contribution in [1.29, 1.82) is 0 Å². The molecule has 0 saturated heterocycles. The van der Waals surface area contributed by atoms with E-state index in [9.17, 15) is 0 Å². The minimum absolute atomic E-state index is 0.599. The number of nitrogens with zero attached hydrogens (tertiary/aromatic N) is 3. The maximum Gasteiger partial charge on any atom is 0.191 e. The van der Waals surface area contributed by atoms with Gasteiger partial charge in [-0.15, -0.1) is 0 Å². The molecule has 0 unspecified atom stereocenters. The SMILES string of the molecule is CN=C(NCc1nccn1CC(C)C)NCC(C)C. The molecule has 19 heavy (non-hydrogen) atoms. The van der Waals surface area contributed by atoms with Crippen molar-refractivity contribution in [3.05, 3.63) is 18.2 Å². The number of hydrogen-bond acceptors (Lipinski definition) is 2. The van der Waals surface area contributed by atoms with Gasteiger partial charge in [0, 0.05) is 32.5 Å². The summed E-state index contributed by atoms with van der Waals surface area (Å²) < 4.78 is 2.19. The van der Waals surface area contributed by atoms with Crippen molar-refractivity contribution < 1.29 is 0 Å². The van der Waals surface area contributed by atoms with Crippen LogP contribution in [0.25, 0.3) is 0 Å². The Hall–Kier alpha value is -1.52. The van der Waals surface area contributed by atoms with E-state index in [-0.39, 0.29) is 0 Å². The smallest absolute Gasteiger partial charge is 0.191 e. The number of hydrogen-bond donors (Lipinski definition) is 2. The molecule has 108 valence electrons. The molecule has 0 aliphatic rings. The van der Waals surface area contributed by atoms with Crippen molar-refractivity contribution in [3.8, 4) is 0 Å². The van der Waals surface area contributed by atoms with Gasteiger partial charge in [-0.1, -0.05) is 27.7 Å². The molecular weight excluding hydrogens is 238 g/mol. The maximum absolute atomic E-state index is 4.39. The second kappa shape index (κ2) is 7.81. The summed E-state index contributed by atoms with van der Waals surface area (Å²) in [4.78, 5) is 8.60. The molecule has 0 aromatic carbocycles. The van der Waals surface area contributed by atoms with Crippen molar-refractivity contribution in [2.45, 2.75) is 40.8 Å². The van der Waals surface area contributed by atoms with Crippen LogP contribution in [0.3, 0.4) is 0 Å². The summed E-state index contributed by atoms with van der Waals surface area (Å²) in [6.45, 7) is 11.4. The van der Waals surface area contributed by atoms with E-state index in [0.29, 0.717) is 18.4 Å². The number of imidazole rings is 1. The molecule has 2 N–H and O–H groups in total. The number of rotatable bonds is 6. The van der Waals surface area contributed by atoms with E-state index in [0.717, 1.165) is 24.9 Å². The Bertz CT molecular complexity index is 392. The number of aromatic nitrogens is 2. The number of aliphatic imine (C=N–C) groups is 1. The van der Waals surface area contributed by atoms with Gasteiger partial charge in [0.05, 0.1) is 6.54 Å². The fourth-order valence-corrected chi connectivity index (χ4v) is 1.75. The molecule has 0 bridgehead atoms. The molecule has 1 aromatic rings. The number of nitrogens with one attached hydrogen (secondary N) is 2. The fourth-order valence-electron chi connectivity index (χ4n) is 1.75. The van der Waals surface area contributed by atoms with E-state index in [1.807, 2.05) is 12.4 Å². The zero-order chi connectivity index (χ0) is 14.3. The quantitative estimate of drug-likeness (QED) is 0.610. The average Bonchev–Trinajstić information content (AvgIpc) is 2.75. The van der Waals surface area contributed by atoms with Crippen LogP contribution in [-0.2, 0) is 13.1 Å². The third kappa shape index (κ3) is 5.77. The van der Waals surface area contributed by atoms with Gasteiger partial charge in [0.1, 0.15) is 5.82 Å². The molecular formula is C14H27N5. The maximum atomic E-state index is 4.39. The summed E-state index contributed by atoms with van der Waals surface area (Å²) in [5.74, 6) is 3.08. The topological polar surface area (TPSA) is 54.2 Å². The van der Waals surface area contributed by atoms with Gasteiger partial charge in [0.15, 0.2) is 5.96 Å². The van der Waals surface area contributed by atoms with Gasteiger partial charge in [0.2, 0.25) is 0 Å². The molecule has 1 aromatic heterocycles. The third-order valence-electron chi connectivity index (χ3n) is 2.68. The summed E-state index contributed by atoms with van der Waals surface area (Å²) in [6.07, 6.45) is 3.88. The molecule has 1 rings (SSSR count). The summed E-state index contributed by atoms with van der Waals surface area (Å²) in [6, 6.07) is 0. The predicted octanol–water partition coefficient (Wildman–Crippen LogP) is 1.86. The largest absolute Gasteiger partial charge is 0.356 e. The van der Waals surface area contributed by atoms with E-state index in [2.05, 4.69) is 52.9 Å². The van der Waals surface area contributed by atoms with Gasteiger partial charge in [0.25, 0.3) is 0 Å². The van der Waals surface area contributed by atoms with Gasteiger partial charge < -0.3 is 15.2 Å². The van der Waals surface area contributed by atoms with E-state index < -0.39 is 0 Å². The Morgan fingerprint density at radius 2 is 2.00 bits per heavy atom. The van der Waals surface area contributed by atoms with Crippen molar-refractivity contribution in [2.75, 3.05) is 13.6 Å². The molecule has 0 saturated carbocycles. The molecule has 0 aliphatic heterocycles. The van der Waals surface area contributed by atoms with Crippen molar-refractivity contribution >= 4 is 5.96 Å². The molecule has 5 heteroatoms. The molecule has 0 aliphatic carbocycles. The Kier molecular flexibility index (Phi) is 6.39. The molecule has 0 amide bonds. The summed E-state index contributed by atoms with van der Waals surface area (Å²) in [5.41, 5.74) is 0. The zero-order valence-corrected chi connectivity index (χ0v) is 12.8. The number of guanidine groups is 1. The molecule has 5 nitrogen and oxygen atoms in total. The second-order valence-corrected chi connectivity index (χ2v) is 5.59. The second-order valence-electron chi connectivity index (χ2n) is 5.59. The van der Waals surface area contributed by atoms with Crippen LogP contribution in [0, 0.1) is 11.8 Å². The standard InChI is InChI=1S/C14H27N5/c1-11(2)8-17-14(15-5)18-9-13-16-6-7-19(13)10-12(3)4/h6-7,11-12H,8-10H2,1-5H3,(H2,15,17,18). The highest BCUT2D eigenvalue weighted by Crippen LogP contribution is 2.03. The average molecular weight is 265 g/mol. The lowest BCUT2D eigenvalue weighted by atomic mass is 10.2. The van der Waals surface area contributed by atoms with Crippen molar-refractivity contribution in [2.24, 2.45) is 16.8 Å². The van der Waals surface area contributed by atoms with Crippen LogP contribution in [0.4, 0.5) is 0 Å². The highest BCUT2D eigenvalue weighted by Gasteiger charge is 2.06. The molecule has 0 atom stereocenters. The molecule has 1 heterocycles. The van der Waals surface area contributed by atoms with E-state index in [1.165, 1.54) is 0 Å². The molecule has 0 spiro atoms. The Balaban J connectivity index is 2.49. The van der Waals surface area contributed by atoms with Crippen molar-refractivity contribution in [1.82, 2.24) is 20.2 Å². The lowest BCUT2D eigenvalue weighted by Gasteiger charge is -2.14. The van der Waals surface area contributed by atoms with Crippen LogP contribution in [0.5, 0.6) is 0 Å². The Labute approximate surface area is 116 Å². The van der Waals surface area contributed by atoms with Gasteiger partial charge in [-0.3, -0.25) is 4.99 Å². The highest BCUT2D eigenvalue weighted by molar-refractivity contribution is 5.79. The van der Waals surface area contributed by atoms with Crippen LogP contribution in [0.15, 0.2) is 17.4 Å². The summed E-state index contributed by atoms with van der Waals surface area (Å²) >= 11 is 0. The minimum Gasteiger partial charge on any atom is -0.356 e. The Morgan fingerprint density at radius 3 is 2.58 bits per heavy atom. The van der Waals surface area contributed by atoms with E-state index in [4.69, 9.17) is 0 Å². The first kappa shape index (κ1) is 15.5. The lowest BCUT2D eigenvalue weighted by molar-refractivity contribution is 0.503. The first-order chi connectivity index (χ1) is 9.02. The first-order valence-electron chi connectivity index (χ1n) is 6.97. The van der Waals surface area contributed by atoms with Gasteiger partial charge >= 0.3 is 0 Å². The lowest BCUT2D eigenvalue weighted by Crippen LogP contribution is -2.39. The van der Waals surface area contributed by atoms with Gasteiger partial charge in [-0.2, -0.15) is 0 Å². The van der Waals surface area contributed by atoms with Crippen LogP contribution < -0.4 is 10.6 Å². The van der Waals surface area contributed by atoms with Crippen LogP contribution in [0.1, 0.15) is 33.5 Å². The van der Waals surface area contributed by atoms with Gasteiger partial charge in [-0.05, 0) is 11.8 Å². The monoisotopic (exact) mass is 265 g/mol. The summed E-state index contributed by atoms with van der Waals surface area (Å²) in [5, 5.41) is 6.59. The predicted molar refractivity (Wildman–Crippen MR) is 80.1 cm³/mol. The van der Waals surface area contributed by atoms with Crippen molar-refractivity contribution in [3.63, 3.8) is 0 Å². The minimum atomic E-state index is 0.599. The van der Waals surface area contributed by atoms with Crippen LogP contribution in [-0.4, -0.2) is 29.1 Å². The molecule has 0 fully saturated rings. The summed E-state index contributed by atoms with van der Waals surface area (Å²) in [7, 11) is 1.79. The van der Waals surface area contributed by atoms with E-state index in [1.54, 1.807) is 7.05 Å². The molecule has 0 radical (unpaired) electrons.